The molecule has 1 aliphatic heterocycles. The Balaban J connectivity index is 2.43. The van der Waals surface area contributed by atoms with Crippen LogP contribution in [0.1, 0.15) is 31.1 Å². The first-order chi connectivity index (χ1) is 7.53. The van der Waals surface area contributed by atoms with E-state index in [1.807, 2.05) is 27.0 Å². The van der Waals surface area contributed by atoms with E-state index >= 15 is 0 Å². The first-order valence-electron chi connectivity index (χ1n) is 5.63. The summed E-state index contributed by atoms with van der Waals surface area (Å²) in [7, 11) is 1.85. The Kier molecular flexibility index (Phi) is 3.00. The Morgan fingerprint density at radius 2 is 2.25 bits per heavy atom. The van der Waals surface area contributed by atoms with Crippen LogP contribution in [0.5, 0.6) is 0 Å². The summed E-state index contributed by atoms with van der Waals surface area (Å²) in [6.07, 6.45) is 0.574. The number of benzene rings is 1. The van der Waals surface area contributed by atoms with Crippen LogP contribution in [0.25, 0.3) is 0 Å². The molecule has 0 fully saturated rings. The molecule has 1 heterocycles. The van der Waals surface area contributed by atoms with E-state index in [0.29, 0.717) is 6.54 Å². The fraction of sp³-hybridized carbons (Fsp3) is 0.538. The third kappa shape index (κ3) is 2.11. The molecule has 2 nitrogen and oxygen atoms in total. The van der Waals surface area contributed by atoms with Gasteiger partial charge in [0.05, 0.1) is 11.7 Å². The molecule has 0 bridgehead atoms. The predicted molar refractivity (Wildman–Crippen MR) is 61.9 cm³/mol. The standard InChI is InChI=1S/C13H18FNO/c1-13(2)7-9-5-4-6-10(14)12(9)11(16-13)8-15-3/h4-6,11,15H,7-8H2,1-3H3/t11-/m0/s1. The molecule has 0 saturated carbocycles. The zero-order valence-corrected chi connectivity index (χ0v) is 10.0. The highest BCUT2D eigenvalue weighted by molar-refractivity contribution is 5.34. The van der Waals surface area contributed by atoms with E-state index in [-0.39, 0.29) is 17.5 Å². The van der Waals surface area contributed by atoms with Gasteiger partial charge < -0.3 is 10.1 Å². The maximum Gasteiger partial charge on any atom is 0.129 e. The van der Waals surface area contributed by atoms with E-state index in [2.05, 4.69) is 5.32 Å². The highest BCUT2D eigenvalue weighted by Gasteiger charge is 2.34. The van der Waals surface area contributed by atoms with E-state index in [4.69, 9.17) is 4.74 Å². The molecule has 0 spiro atoms. The first kappa shape index (κ1) is 11.6. The Morgan fingerprint density at radius 1 is 1.50 bits per heavy atom. The lowest BCUT2D eigenvalue weighted by Gasteiger charge is -2.37. The zero-order chi connectivity index (χ0) is 11.8. The Bertz CT molecular complexity index is 390. The van der Waals surface area contributed by atoms with E-state index in [1.54, 1.807) is 6.07 Å². The fourth-order valence-corrected chi connectivity index (χ4v) is 2.37. The maximum atomic E-state index is 13.8. The minimum absolute atomic E-state index is 0.159. The Labute approximate surface area is 95.8 Å². The number of nitrogens with one attached hydrogen (secondary N) is 1. The molecule has 0 saturated heterocycles. The van der Waals surface area contributed by atoms with Gasteiger partial charge in [-0.05, 0) is 32.5 Å². The number of hydrogen-bond acceptors (Lipinski definition) is 2. The summed E-state index contributed by atoms with van der Waals surface area (Å²) in [5.74, 6) is -0.159. The topological polar surface area (TPSA) is 21.3 Å². The van der Waals surface area contributed by atoms with Crippen molar-refractivity contribution in [2.75, 3.05) is 13.6 Å². The molecule has 1 aromatic carbocycles. The second-order valence-electron chi connectivity index (χ2n) is 4.91. The molecular formula is C13H18FNO. The van der Waals surface area contributed by atoms with Gasteiger partial charge in [0.2, 0.25) is 0 Å². The smallest absolute Gasteiger partial charge is 0.129 e. The van der Waals surface area contributed by atoms with Gasteiger partial charge in [0.1, 0.15) is 5.82 Å². The van der Waals surface area contributed by atoms with Gasteiger partial charge in [-0.3, -0.25) is 0 Å². The van der Waals surface area contributed by atoms with Crippen molar-refractivity contribution in [2.24, 2.45) is 0 Å². The summed E-state index contributed by atoms with van der Waals surface area (Å²) in [4.78, 5) is 0. The summed E-state index contributed by atoms with van der Waals surface area (Å²) in [6, 6.07) is 5.26. The Hall–Kier alpha value is -0.930. The number of rotatable bonds is 2. The minimum atomic E-state index is -0.220. The van der Waals surface area contributed by atoms with Crippen LogP contribution in [0.4, 0.5) is 4.39 Å². The van der Waals surface area contributed by atoms with Gasteiger partial charge in [-0.2, -0.15) is 0 Å². The van der Waals surface area contributed by atoms with Gasteiger partial charge in [0, 0.05) is 18.5 Å². The minimum Gasteiger partial charge on any atom is -0.366 e. The second-order valence-corrected chi connectivity index (χ2v) is 4.91. The van der Waals surface area contributed by atoms with Gasteiger partial charge in [-0.25, -0.2) is 4.39 Å². The van der Waals surface area contributed by atoms with Crippen LogP contribution in [0.3, 0.4) is 0 Å². The third-order valence-electron chi connectivity index (χ3n) is 2.93. The summed E-state index contributed by atoms with van der Waals surface area (Å²) in [5.41, 5.74) is 1.56. The predicted octanol–water partition coefficient (Wildman–Crippen LogP) is 2.44. The van der Waals surface area contributed by atoms with Crippen molar-refractivity contribution in [1.82, 2.24) is 5.32 Å². The van der Waals surface area contributed by atoms with E-state index < -0.39 is 0 Å². The summed E-state index contributed by atoms with van der Waals surface area (Å²) in [6.45, 7) is 4.73. The summed E-state index contributed by atoms with van der Waals surface area (Å²) in [5, 5.41) is 3.05. The molecule has 1 aromatic rings. The molecule has 1 atom stereocenters. The van der Waals surface area contributed by atoms with Crippen LogP contribution < -0.4 is 5.32 Å². The Morgan fingerprint density at radius 3 is 2.94 bits per heavy atom. The van der Waals surface area contributed by atoms with Crippen LogP contribution in [-0.2, 0) is 11.2 Å². The van der Waals surface area contributed by atoms with Crippen LogP contribution in [0, 0.1) is 5.82 Å². The molecule has 1 N–H and O–H groups in total. The molecule has 2 rings (SSSR count). The van der Waals surface area contributed by atoms with E-state index in [0.717, 1.165) is 17.5 Å². The monoisotopic (exact) mass is 223 g/mol. The van der Waals surface area contributed by atoms with Crippen LogP contribution in [0.15, 0.2) is 18.2 Å². The van der Waals surface area contributed by atoms with Crippen molar-refractivity contribution >= 4 is 0 Å². The zero-order valence-electron chi connectivity index (χ0n) is 10.0. The lowest BCUT2D eigenvalue weighted by atomic mass is 9.88. The van der Waals surface area contributed by atoms with Gasteiger partial charge in [0.25, 0.3) is 0 Å². The van der Waals surface area contributed by atoms with Crippen LogP contribution >= 0.6 is 0 Å². The van der Waals surface area contributed by atoms with E-state index in [1.165, 1.54) is 6.07 Å². The number of ether oxygens (including phenoxy) is 1. The summed E-state index contributed by atoms with van der Waals surface area (Å²) >= 11 is 0. The lowest BCUT2D eigenvalue weighted by Crippen LogP contribution is -2.38. The molecular weight excluding hydrogens is 205 g/mol. The molecule has 0 amide bonds. The average Bonchev–Trinajstić information content (AvgIpc) is 2.15. The quantitative estimate of drug-likeness (QED) is 0.831. The SMILES string of the molecule is CNC[C@@H]1OC(C)(C)Cc2cccc(F)c21. The molecule has 0 unspecified atom stereocenters. The lowest BCUT2D eigenvalue weighted by molar-refractivity contribution is -0.0844. The van der Waals surface area contributed by atoms with Crippen molar-refractivity contribution in [3.63, 3.8) is 0 Å². The molecule has 0 aromatic heterocycles. The molecule has 88 valence electrons. The van der Waals surface area contributed by atoms with Crippen LogP contribution in [0.2, 0.25) is 0 Å². The van der Waals surface area contributed by atoms with Gasteiger partial charge in [-0.1, -0.05) is 12.1 Å². The van der Waals surface area contributed by atoms with Crippen LogP contribution in [-0.4, -0.2) is 19.2 Å². The highest BCUT2D eigenvalue weighted by Crippen LogP contribution is 2.36. The van der Waals surface area contributed by atoms with Gasteiger partial charge in [0.15, 0.2) is 0 Å². The fourth-order valence-electron chi connectivity index (χ4n) is 2.37. The highest BCUT2D eigenvalue weighted by atomic mass is 19.1. The van der Waals surface area contributed by atoms with Crippen molar-refractivity contribution in [1.29, 1.82) is 0 Å². The second kappa shape index (κ2) is 4.15. The normalized spacial score (nSPS) is 22.9. The van der Waals surface area contributed by atoms with Crippen molar-refractivity contribution in [3.8, 4) is 0 Å². The number of likely N-dealkylation sites (N-methyl/N-ethyl adjacent to an activating group) is 1. The largest absolute Gasteiger partial charge is 0.366 e. The molecule has 16 heavy (non-hydrogen) atoms. The van der Waals surface area contributed by atoms with E-state index in [9.17, 15) is 4.39 Å². The third-order valence-corrected chi connectivity index (χ3v) is 2.93. The number of fused-ring (bicyclic) bond motifs is 1. The molecule has 0 radical (unpaired) electrons. The van der Waals surface area contributed by atoms with Crippen molar-refractivity contribution < 1.29 is 9.13 Å². The summed E-state index contributed by atoms with van der Waals surface area (Å²) < 4.78 is 19.7. The van der Waals surface area contributed by atoms with Gasteiger partial charge in [-0.15, -0.1) is 0 Å². The maximum absolute atomic E-state index is 13.8. The molecule has 0 aliphatic carbocycles. The number of halogens is 1. The van der Waals surface area contributed by atoms with Crippen molar-refractivity contribution in [3.05, 3.63) is 35.1 Å². The first-order valence-corrected chi connectivity index (χ1v) is 5.63. The number of hydrogen-bond donors (Lipinski definition) is 1. The van der Waals surface area contributed by atoms with Crippen molar-refractivity contribution in [2.45, 2.75) is 32.0 Å². The molecule has 3 heteroatoms. The average molecular weight is 223 g/mol. The van der Waals surface area contributed by atoms with Gasteiger partial charge >= 0.3 is 0 Å². The molecule has 1 aliphatic rings.